The van der Waals surface area contributed by atoms with Crippen LogP contribution in [0.4, 0.5) is 0 Å². The molecule has 2 aliphatic rings. The summed E-state index contributed by atoms with van der Waals surface area (Å²) in [5, 5.41) is 3.24. The van der Waals surface area contributed by atoms with E-state index in [2.05, 4.69) is 29.6 Å². The van der Waals surface area contributed by atoms with Crippen LogP contribution in [0.1, 0.15) is 5.56 Å². The molecule has 0 saturated carbocycles. The summed E-state index contributed by atoms with van der Waals surface area (Å²) >= 11 is 0. The average Bonchev–Trinajstić information content (AvgIpc) is 3.01. The molecule has 0 bridgehead atoms. The highest BCUT2D eigenvalue weighted by atomic mass is 16.3. The molecule has 0 spiro atoms. The van der Waals surface area contributed by atoms with Gasteiger partial charge in [-0.1, -0.05) is 24.3 Å². The molecule has 0 radical (unpaired) electrons. The van der Waals surface area contributed by atoms with Crippen molar-refractivity contribution in [2.75, 3.05) is 0 Å². The Hall–Kier alpha value is -2.22. The third-order valence-electron chi connectivity index (χ3n) is 2.65. The summed E-state index contributed by atoms with van der Waals surface area (Å²) in [5.74, 6) is 0. The topological polar surface area (TPSA) is 25.2 Å². The number of rotatable bonds is 1. The lowest BCUT2D eigenvalue weighted by atomic mass is 10.0. The number of allylic oxidation sites excluding steroid dienone is 8. The molecule has 78 valence electrons. The van der Waals surface area contributed by atoms with Gasteiger partial charge in [0.25, 0.3) is 0 Å². The summed E-state index contributed by atoms with van der Waals surface area (Å²) in [6.45, 7) is 0. The third-order valence-corrected chi connectivity index (χ3v) is 2.65. The monoisotopic (exact) mass is 209 g/mol. The van der Waals surface area contributed by atoms with Crippen LogP contribution >= 0.6 is 0 Å². The van der Waals surface area contributed by atoms with E-state index in [0.717, 1.165) is 11.3 Å². The summed E-state index contributed by atoms with van der Waals surface area (Å²) < 4.78 is 5.12. The fourth-order valence-corrected chi connectivity index (χ4v) is 1.89. The SMILES string of the molecule is C1=CN/C(=C2/C=CC=C2c2ccoc2)C=C1. The largest absolute Gasteiger partial charge is 0.472 e. The Morgan fingerprint density at radius 2 is 2.06 bits per heavy atom. The zero-order valence-corrected chi connectivity index (χ0v) is 8.68. The Balaban J connectivity index is 2.03. The van der Waals surface area contributed by atoms with E-state index in [9.17, 15) is 0 Å². The minimum Gasteiger partial charge on any atom is -0.472 e. The molecule has 1 N–H and O–H groups in total. The molecular weight excluding hydrogens is 198 g/mol. The number of hydrogen-bond acceptors (Lipinski definition) is 2. The van der Waals surface area contributed by atoms with Gasteiger partial charge in [0.15, 0.2) is 0 Å². The van der Waals surface area contributed by atoms with Gasteiger partial charge in [-0.2, -0.15) is 0 Å². The van der Waals surface area contributed by atoms with Crippen molar-refractivity contribution in [3.8, 4) is 0 Å². The maximum atomic E-state index is 5.12. The van der Waals surface area contributed by atoms with Crippen LogP contribution in [0.3, 0.4) is 0 Å². The molecule has 1 aromatic rings. The first-order chi connectivity index (χ1) is 7.95. The Kier molecular flexibility index (Phi) is 2.11. The highest BCUT2D eigenvalue weighted by Crippen LogP contribution is 2.31. The van der Waals surface area contributed by atoms with Gasteiger partial charge in [-0.05, 0) is 23.8 Å². The quantitative estimate of drug-likeness (QED) is 0.768. The second kappa shape index (κ2) is 3.74. The van der Waals surface area contributed by atoms with Crippen molar-refractivity contribution in [1.29, 1.82) is 0 Å². The molecule has 3 rings (SSSR count). The van der Waals surface area contributed by atoms with E-state index in [0.29, 0.717) is 0 Å². The maximum Gasteiger partial charge on any atom is 0.0981 e. The summed E-state index contributed by atoms with van der Waals surface area (Å²) in [6, 6.07) is 1.97. The van der Waals surface area contributed by atoms with E-state index >= 15 is 0 Å². The van der Waals surface area contributed by atoms with Gasteiger partial charge < -0.3 is 9.73 Å². The van der Waals surface area contributed by atoms with Crippen LogP contribution in [0.5, 0.6) is 0 Å². The zero-order valence-electron chi connectivity index (χ0n) is 8.68. The van der Waals surface area contributed by atoms with Crippen molar-refractivity contribution in [1.82, 2.24) is 5.32 Å². The Bertz CT molecular complexity index is 539. The summed E-state index contributed by atoms with van der Waals surface area (Å²) in [5.41, 5.74) is 4.61. The average molecular weight is 209 g/mol. The van der Waals surface area contributed by atoms with Crippen LogP contribution in [0.15, 0.2) is 76.9 Å². The number of furan rings is 1. The summed E-state index contributed by atoms with van der Waals surface area (Å²) in [4.78, 5) is 0. The van der Waals surface area contributed by atoms with Crippen LogP contribution in [0.25, 0.3) is 5.57 Å². The normalized spacial score (nSPS) is 22.4. The molecule has 2 heteroatoms. The van der Waals surface area contributed by atoms with Crippen molar-refractivity contribution in [3.63, 3.8) is 0 Å². The maximum absolute atomic E-state index is 5.12. The lowest BCUT2D eigenvalue weighted by molar-refractivity contribution is 0.566. The minimum atomic E-state index is 1.11. The van der Waals surface area contributed by atoms with E-state index in [1.807, 2.05) is 24.4 Å². The predicted molar refractivity (Wildman–Crippen MR) is 64.3 cm³/mol. The highest BCUT2D eigenvalue weighted by molar-refractivity contribution is 5.87. The van der Waals surface area contributed by atoms with Crippen molar-refractivity contribution >= 4 is 5.57 Å². The molecule has 1 aliphatic heterocycles. The first-order valence-electron chi connectivity index (χ1n) is 5.20. The second-order valence-electron chi connectivity index (χ2n) is 3.64. The summed E-state index contributed by atoms with van der Waals surface area (Å²) in [7, 11) is 0. The van der Waals surface area contributed by atoms with Crippen LogP contribution in [-0.4, -0.2) is 0 Å². The number of nitrogens with one attached hydrogen (secondary N) is 1. The number of hydrogen-bond donors (Lipinski definition) is 1. The molecule has 2 nitrogen and oxygen atoms in total. The van der Waals surface area contributed by atoms with E-state index in [1.54, 1.807) is 12.5 Å². The summed E-state index contributed by atoms with van der Waals surface area (Å²) in [6.07, 6.45) is 17.7. The molecule has 0 amide bonds. The van der Waals surface area contributed by atoms with Crippen molar-refractivity contribution in [2.24, 2.45) is 0 Å². The molecule has 0 fully saturated rings. The van der Waals surface area contributed by atoms with E-state index in [-0.39, 0.29) is 0 Å². The molecule has 0 saturated heterocycles. The second-order valence-corrected chi connectivity index (χ2v) is 3.64. The zero-order chi connectivity index (χ0) is 10.8. The third kappa shape index (κ3) is 1.44. The van der Waals surface area contributed by atoms with Gasteiger partial charge in [0.2, 0.25) is 0 Å². The highest BCUT2D eigenvalue weighted by Gasteiger charge is 2.14. The fraction of sp³-hybridized carbons (Fsp3) is 0. The van der Waals surface area contributed by atoms with Crippen LogP contribution in [0.2, 0.25) is 0 Å². The van der Waals surface area contributed by atoms with E-state index < -0.39 is 0 Å². The van der Waals surface area contributed by atoms with Crippen molar-refractivity contribution in [3.05, 3.63) is 78.1 Å². The van der Waals surface area contributed by atoms with Gasteiger partial charge in [-0.25, -0.2) is 0 Å². The molecule has 0 atom stereocenters. The Labute approximate surface area is 94.0 Å². The molecule has 1 aliphatic carbocycles. The van der Waals surface area contributed by atoms with Gasteiger partial charge in [0.05, 0.1) is 12.5 Å². The standard InChI is InChI=1S/C14H11NO/c1-2-8-15-14(6-1)13-5-3-4-12(13)11-7-9-16-10-11/h1-10,15H/b14-13-. The van der Waals surface area contributed by atoms with Gasteiger partial charge in [0, 0.05) is 23.0 Å². The molecule has 1 aromatic heterocycles. The van der Waals surface area contributed by atoms with E-state index in [1.165, 1.54) is 11.1 Å². The molecular formula is C14H11NO. The lowest BCUT2D eigenvalue weighted by Gasteiger charge is -2.11. The minimum absolute atomic E-state index is 1.11. The smallest absolute Gasteiger partial charge is 0.0981 e. The van der Waals surface area contributed by atoms with Crippen LogP contribution in [-0.2, 0) is 0 Å². The first kappa shape index (κ1) is 9.04. The molecule has 0 aromatic carbocycles. The first-order valence-corrected chi connectivity index (χ1v) is 5.20. The molecule has 2 heterocycles. The lowest BCUT2D eigenvalue weighted by Crippen LogP contribution is -2.07. The molecule has 0 unspecified atom stereocenters. The predicted octanol–water partition coefficient (Wildman–Crippen LogP) is 3.16. The van der Waals surface area contributed by atoms with Gasteiger partial charge in [0.1, 0.15) is 0 Å². The fourth-order valence-electron chi connectivity index (χ4n) is 1.89. The number of dihydropyridines is 1. The van der Waals surface area contributed by atoms with Crippen LogP contribution < -0.4 is 5.32 Å². The van der Waals surface area contributed by atoms with Crippen molar-refractivity contribution < 1.29 is 4.42 Å². The Morgan fingerprint density at radius 3 is 2.81 bits per heavy atom. The molecule has 16 heavy (non-hydrogen) atoms. The van der Waals surface area contributed by atoms with Crippen LogP contribution in [0, 0.1) is 0 Å². The van der Waals surface area contributed by atoms with Gasteiger partial charge in [-0.15, -0.1) is 0 Å². The van der Waals surface area contributed by atoms with Gasteiger partial charge >= 0.3 is 0 Å². The van der Waals surface area contributed by atoms with Crippen molar-refractivity contribution in [2.45, 2.75) is 0 Å². The Morgan fingerprint density at radius 1 is 1.06 bits per heavy atom. The van der Waals surface area contributed by atoms with Gasteiger partial charge in [-0.3, -0.25) is 0 Å². The van der Waals surface area contributed by atoms with E-state index in [4.69, 9.17) is 4.42 Å².